The maximum absolute atomic E-state index is 12.8. The van der Waals surface area contributed by atoms with Crippen molar-refractivity contribution in [1.29, 1.82) is 0 Å². The lowest BCUT2D eigenvalue weighted by Gasteiger charge is -2.51. The van der Waals surface area contributed by atoms with Crippen LogP contribution in [-0.2, 0) is 52.3 Å². The highest BCUT2D eigenvalue weighted by Gasteiger charge is 2.60. The van der Waals surface area contributed by atoms with E-state index in [-0.39, 0.29) is 0 Å². The maximum atomic E-state index is 12.8. The van der Waals surface area contributed by atoms with Gasteiger partial charge in [0, 0.05) is 27.2 Å². The van der Waals surface area contributed by atoms with Gasteiger partial charge in [0.05, 0.1) is 56.8 Å². The predicted molar refractivity (Wildman–Crippen MR) is 188 cm³/mol. The third kappa shape index (κ3) is 11.0. The number of ether oxygens (including phenoxy) is 7. The summed E-state index contributed by atoms with van der Waals surface area (Å²) in [4.78, 5) is 48.6. The molecule has 27 heteroatoms. The molecule has 0 bridgehead atoms. The van der Waals surface area contributed by atoms with Crippen molar-refractivity contribution in [2.45, 2.75) is 155 Å². The zero-order chi connectivity index (χ0) is 45.0. The van der Waals surface area contributed by atoms with E-state index in [0.717, 1.165) is 20.8 Å². The van der Waals surface area contributed by atoms with Gasteiger partial charge in [-0.05, 0) is 0 Å². The van der Waals surface area contributed by atoms with E-state index in [2.05, 4.69) is 16.0 Å². The average molecular weight is 877 g/mol. The van der Waals surface area contributed by atoms with Gasteiger partial charge in [-0.15, -0.1) is 0 Å². The van der Waals surface area contributed by atoms with Gasteiger partial charge in [-0.3, -0.25) is 14.4 Å². The first-order chi connectivity index (χ1) is 28.1. The Morgan fingerprint density at radius 3 is 1.85 bits per heavy atom. The molecule has 27 nitrogen and oxygen atoms in total. The van der Waals surface area contributed by atoms with Crippen LogP contribution >= 0.6 is 0 Å². The minimum Gasteiger partial charge on any atom is -0.477 e. The summed E-state index contributed by atoms with van der Waals surface area (Å²) in [5, 5.41) is 134. The number of rotatable bonds is 16. The van der Waals surface area contributed by atoms with Crippen LogP contribution in [0, 0.1) is 0 Å². The monoisotopic (exact) mass is 876 g/mol. The number of hydrogen-bond donors (Lipinski definition) is 16. The molecular formula is C33H56N4O23. The molecule has 4 fully saturated rings. The molecule has 4 aliphatic rings. The summed E-state index contributed by atoms with van der Waals surface area (Å²) in [5.74, 6) is -7.23. The molecule has 21 atom stereocenters. The normalized spacial score (nSPS) is 43.3. The Morgan fingerprint density at radius 1 is 0.733 bits per heavy atom. The fourth-order valence-electron chi connectivity index (χ4n) is 7.42. The molecule has 4 rings (SSSR count). The Morgan fingerprint density at radius 2 is 1.30 bits per heavy atom. The first-order valence-corrected chi connectivity index (χ1v) is 18.8. The first kappa shape index (κ1) is 49.8. The van der Waals surface area contributed by atoms with E-state index in [0.29, 0.717) is 0 Å². The van der Waals surface area contributed by atoms with Gasteiger partial charge < -0.3 is 116 Å². The zero-order valence-electron chi connectivity index (χ0n) is 32.5. The molecule has 60 heavy (non-hydrogen) atoms. The molecular weight excluding hydrogens is 820 g/mol. The van der Waals surface area contributed by atoms with Crippen LogP contribution in [0.25, 0.3) is 0 Å². The van der Waals surface area contributed by atoms with E-state index >= 15 is 0 Å². The minimum atomic E-state index is -3.10. The standard InChI is InChI=1S/C33H56N4O23/c1-9(41)35-18-12(44)4-33(32(52)53,59-27(18)21(46)13(45)5-38)60-28-23(48)14(6-39)56-31(25(28)50)58-26-15(7-40)57-30(20(24(26)49)37-11(3)43)54-8-16-22(47)17(34)19(29(51)55-16)36-10(2)42/h12-31,38-40,44-51H,4-8,34H2,1-3H3,(H,35,41)(H,36,42)(H,37,43)(H,52,53). The van der Waals surface area contributed by atoms with Crippen molar-refractivity contribution in [2.24, 2.45) is 5.73 Å². The first-order valence-electron chi connectivity index (χ1n) is 18.8. The van der Waals surface area contributed by atoms with Gasteiger partial charge in [-0.1, -0.05) is 0 Å². The molecule has 0 saturated carbocycles. The lowest BCUT2D eigenvalue weighted by Crippen LogP contribution is -2.71. The highest BCUT2D eigenvalue weighted by Crippen LogP contribution is 2.38. The molecule has 346 valence electrons. The molecule has 0 spiro atoms. The Kier molecular flexibility index (Phi) is 17.4. The van der Waals surface area contributed by atoms with Crippen molar-refractivity contribution >= 4 is 23.7 Å². The lowest BCUT2D eigenvalue weighted by atomic mass is 9.88. The molecule has 0 aromatic carbocycles. The topological polar surface area (TPSA) is 438 Å². The Bertz CT molecular complexity index is 1470. The van der Waals surface area contributed by atoms with Crippen molar-refractivity contribution < 1.29 is 114 Å². The number of carboxylic acid groups (broad SMARTS) is 1. The maximum Gasteiger partial charge on any atom is 0.364 e. The summed E-state index contributed by atoms with van der Waals surface area (Å²) in [6.07, 6.45) is -31.2. The number of aliphatic hydroxyl groups is 11. The third-order valence-electron chi connectivity index (χ3n) is 10.5. The Hall–Kier alpha value is -2.88. The Balaban J connectivity index is 1.58. The third-order valence-corrected chi connectivity index (χ3v) is 10.5. The van der Waals surface area contributed by atoms with Crippen LogP contribution in [0.15, 0.2) is 0 Å². The number of aliphatic hydroxyl groups excluding tert-OH is 11. The summed E-state index contributed by atoms with van der Waals surface area (Å²) in [5.41, 5.74) is 6.01. The van der Waals surface area contributed by atoms with Gasteiger partial charge in [0.1, 0.15) is 73.2 Å². The summed E-state index contributed by atoms with van der Waals surface area (Å²) in [6.45, 7) is -0.463. The van der Waals surface area contributed by atoms with E-state index in [1.807, 2.05) is 0 Å². The number of hydrogen-bond acceptors (Lipinski definition) is 23. The number of carbonyl (C=O) groups is 4. The largest absolute Gasteiger partial charge is 0.477 e. The molecule has 21 unspecified atom stereocenters. The van der Waals surface area contributed by atoms with E-state index in [1.54, 1.807) is 0 Å². The second-order valence-electron chi connectivity index (χ2n) is 14.9. The number of carboxylic acids is 1. The van der Waals surface area contributed by atoms with E-state index in [4.69, 9.17) is 38.9 Å². The minimum absolute atomic E-state index is 0.572. The zero-order valence-corrected chi connectivity index (χ0v) is 32.5. The van der Waals surface area contributed by atoms with Gasteiger partial charge in [0.15, 0.2) is 18.9 Å². The van der Waals surface area contributed by atoms with Crippen LogP contribution in [0.5, 0.6) is 0 Å². The quantitative estimate of drug-likeness (QED) is 0.0684. The molecule has 3 amide bonds. The number of carbonyl (C=O) groups excluding carboxylic acids is 3. The SMILES string of the molecule is CC(=O)NC1C(O)OC(COC2OC(CO)C(OC3OC(CO)C(O)C(OC4(C(=O)O)CC(O)C(NC(C)=O)C(C(O)C(O)CO)O4)C3O)C(O)C2NC(C)=O)C(O)C1N. The second-order valence-corrected chi connectivity index (χ2v) is 14.9. The number of amides is 3. The highest BCUT2D eigenvalue weighted by molar-refractivity contribution is 5.77. The predicted octanol–water partition coefficient (Wildman–Crippen LogP) is -10.1. The van der Waals surface area contributed by atoms with Crippen LogP contribution < -0.4 is 21.7 Å². The fourth-order valence-corrected chi connectivity index (χ4v) is 7.42. The number of nitrogens with two attached hydrogens (primary N) is 1. The number of aliphatic carboxylic acids is 1. The smallest absolute Gasteiger partial charge is 0.364 e. The van der Waals surface area contributed by atoms with Gasteiger partial charge in [-0.2, -0.15) is 0 Å². The highest BCUT2D eigenvalue weighted by atomic mass is 16.8. The van der Waals surface area contributed by atoms with Crippen LogP contribution in [0.1, 0.15) is 27.2 Å². The summed E-state index contributed by atoms with van der Waals surface area (Å²) in [7, 11) is 0. The molecule has 4 aliphatic heterocycles. The van der Waals surface area contributed by atoms with Gasteiger partial charge in [0.25, 0.3) is 5.79 Å². The molecule has 0 aromatic rings. The number of nitrogens with one attached hydrogen (secondary N) is 3. The summed E-state index contributed by atoms with van der Waals surface area (Å²) < 4.78 is 39.5. The summed E-state index contributed by atoms with van der Waals surface area (Å²) >= 11 is 0. The van der Waals surface area contributed by atoms with Crippen molar-refractivity contribution in [2.75, 3.05) is 26.4 Å². The van der Waals surface area contributed by atoms with E-state index in [1.165, 1.54) is 0 Å². The lowest BCUT2D eigenvalue weighted by molar-refractivity contribution is -0.383. The van der Waals surface area contributed by atoms with Gasteiger partial charge in [-0.25, -0.2) is 4.79 Å². The molecule has 4 saturated heterocycles. The van der Waals surface area contributed by atoms with Crippen LogP contribution in [0.2, 0.25) is 0 Å². The van der Waals surface area contributed by atoms with Gasteiger partial charge >= 0.3 is 5.97 Å². The van der Waals surface area contributed by atoms with Crippen LogP contribution in [-0.4, -0.2) is 240 Å². The van der Waals surface area contributed by atoms with Crippen LogP contribution in [0.4, 0.5) is 0 Å². The molecule has 17 N–H and O–H groups in total. The van der Waals surface area contributed by atoms with Crippen molar-refractivity contribution in [1.82, 2.24) is 16.0 Å². The van der Waals surface area contributed by atoms with E-state index < -0.39 is 185 Å². The molecule has 0 aliphatic carbocycles. The fraction of sp³-hybridized carbons (Fsp3) is 0.879. The van der Waals surface area contributed by atoms with Crippen molar-refractivity contribution in [3.63, 3.8) is 0 Å². The van der Waals surface area contributed by atoms with Gasteiger partial charge in [0.2, 0.25) is 17.7 Å². The average Bonchev–Trinajstić information content (AvgIpc) is 3.18. The van der Waals surface area contributed by atoms with Crippen molar-refractivity contribution in [3.8, 4) is 0 Å². The Labute approximate surface area is 340 Å². The molecule has 0 radical (unpaired) electrons. The summed E-state index contributed by atoms with van der Waals surface area (Å²) in [6, 6.07) is -5.62. The van der Waals surface area contributed by atoms with Crippen LogP contribution in [0.3, 0.4) is 0 Å². The van der Waals surface area contributed by atoms with Crippen molar-refractivity contribution in [3.05, 3.63) is 0 Å². The van der Waals surface area contributed by atoms with E-state index in [9.17, 15) is 80.5 Å². The molecule has 0 aromatic heterocycles. The molecule has 4 heterocycles. The second kappa shape index (κ2) is 21.0.